The quantitative estimate of drug-likeness (QED) is 0.417. The van der Waals surface area contributed by atoms with E-state index in [1.807, 2.05) is 0 Å². The number of carbonyl (C=O) groups excluding carboxylic acids is 1. The number of esters is 1. The van der Waals surface area contributed by atoms with Crippen LogP contribution in [-0.2, 0) is 19.1 Å². The van der Waals surface area contributed by atoms with Crippen LogP contribution in [0.15, 0.2) is 11.6 Å². The highest BCUT2D eigenvalue weighted by molar-refractivity contribution is 5.95. The average molecular weight is 271 g/mol. The second kappa shape index (κ2) is 8.66. The first-order chi connectivity index (χ1) is 9.13. The minimum Gasteiger partial charge on any atom is -0.478 e. The molecule has 6 nitrogen and oxygen atoms in total. The number of carbonyl (C=O) groups is 2. The van der Waals surface area contributed by atoms with Crippen LogP contribution in [-0.4, -0.2) is 61.9 Å². The van der Waals surface area contributed by atoms with E-state index >= 15 is 0 Å². The molecule has 1 N–H and O–H groups in total. The van der Waals surface area contributed by atoms with Gasteiger partial charge in [-0.3, -0.25) is 4.90 Å². The molecule has 108 valence electrons. The summed E-state index contributed by atoms with van der Waals surface area (Å²) in [6.07, 6.45) is 3.06. The molecule has 0 aromatic carbocycles. The third-order valence-electron chi connectivity index (χ3n) is 3.02. The molecule has 0 aromatic heterocycles. The summed E-state index contributed by atoms with van der Waals surface area (Å²) in [5.41, 5.74) is 0.219. The second-order valence-electron chi connectivity index (χ2n) is 4.41. The number of methoxy groups -OCH3 is 1. The number of nitrogens with zero attached hydrogens (tertiary/aromatic N) is 1. The van der Waals surface area contributed by atoms with Gasteiger partial charge in [0.15, 0.2) is 0 Å². The molecule has 1 aliphatic heterocycles. The topological polar surface area (TPSA) is 76.1 Å². The van der Waals surface area contributed by atoms with Gasteiger partial charge in [0.1, 0.15) is 0 Å². The molecule has 0 aliphatic carbocycles. The zero-order valence-corrected chi connectivity index (χ0v) is 11.3. The Kier molecular flexibility index (Phi) is 7.14. The Bertz CT molecular complexity index is 334. The van der Waals surface area contributed by atoms with E-state index in [-0.39, 0.29) is 5.57 Å². The van der Waals surface area contributed by atoms with Gasteiger partial charge < -0.3 is 14.6 Å². The van der Waals surface area contributed by atoms with Crippen LogP contribution in [0.2, 0.25) is 0 Å². The molecule has 19 heavy (non-hydrogen) atoms. The Labute approximate surface area is 113 Å². The first kappa shape index (κ1) is 15.7. The fourth-order valence-electron chi connectivity index (χ4n) is 1.99. The number of unbranched alkanes of at least 4 members (excludes halogenated alkanes) is 1. The van der Waals surface area contributed by atoms with Crippen LogP contribution in [0.25, 0.3) is 0 Å². The van der Waals surface area contributed by atoms with Crippen LogP contribution in [0.4, 0.5) is 0 Å². The van der Waals surface area contributed by atoms with E-state index in [1.54, 1.807) is 0 Å². The summed E-state index contributed by atoms with van der Waals surface area (Å²) in [5.74, 6) is -1.68. The third-order valence-corrected chi connectivity index (χ3v) is 3.02. The zero-order valence-electron chi connectivity index (χ0n) is 11.3. The molecule has 0 amide bonds. The van der Waals surface area contributed by atoms with Crippen LogP contribution in [0.3, 0.4) is 0 Å². The molecule has 0 bridgehead atoms. The lowest BCUT2D eigenvalue weighted by atomic mass is 10.1. The van der Waals surface area contributed by atoms with Crippen molar-refractivity contribution < 1.29 is 24.2 Å². The summed E-state index contributed by atoms with van der Waals surface area (Å²) in [4.78, 5) is 24.3. The molecule has 1 aliphatic rings. The molecule has 0 radical (unpaired) electrons. The summed E-state index contributed by atoms with van der Waals surface area (Å²) >= 11 is 0. The van der Waals surface area contributed by atoms with E-state index in [9.17, 15) is 9.59 Å². The van der Waals surface area contributed by atoms with Gasteiger partial charge in [-0.15, -0.1) is 0 Å². The predicted octanol–water partition coefficient (Wildman–Crippen LogP) is 0.673. The highest BCUT2D eigenvalue weighted by atomic mass is 16.5. The molecule has 1 fully saturated rings. The first-order valence-corrected chi connectivity index (χ1v) is 6.45. The van der Waals surface area contributed by atoms with Gasteiger partial charge in [0.25, 0.3) is 0 Å². The average Bonchev–Trinajstić information content (AvgIpc) is 2.42. The largest absolute Gasteiger partial charge is 0.478 e. The maximum atomic E-state index is 11.4. The number of hydrogen-bond donors (Lipinski definition) is 1. The van der Waals surface area contributed by atoms with Crippen LogP contribution in [0, 0.1) is 0 Å². The van der Waals surface area contributed by atoms with Crippen LogP contribution in [0.5, 0.6) is 0 Å². The van der Waals surface area contributed by atoms with Gasteiger partial charge >= 0.3 is 11.9 Å². The van der Waals surface area contributed by atoms with E-state index < -0.39 is 11.9 Å². The van der Waals surface area contributed by atoms with Crippen molar-refractivity contribution in [2.24, 2.45) is 0 Å². The Balaban J connectivity index is 2.28. The van der Waals surface area contributed by atoms with Gasteiger partial charge in [-0.25, -0.2) is 9.59 Å². The highest BCUT2D eigenvalue weighted by Gasteiger charge is 2.13. The monoisotopic (exact) mass is 271 g/mol. The van der Waals surface area contributed by atoms with Crippen molar-refractivity contribution in [3.8, 4) is 0 Å². The number of carboxylic acid groups (broad SMARTS) is 1. The van der Waals surface area contributed by atoms with Gasteiger partial charge in [0.05, 0.1) is 20.3 Å². The van der Waals surface area contributed by atoms with Crippen molar-refractivity contribution in [1.29, 1.82) is 0 Å². The number of rotatable bonds is 7. The molecule has 0 saturated carbocycles. The lowest BCUT2D eigenvalue weighted by Crippen LogP contribution is -2.36. The maximum Gasteiger partial charge on any atom is 0.333 e. The SMILES string of the molecule is COC(=O)/C(=C/C(=O)O)CCCCN1CCOCC1. The van der Waals surface area contributed by atoms with Crippen LogP contribution >= 0.6 is 0 Å². The molecule has 0 atom stereocenters. The summed E-state index contributed by atoms with van der Waals surface area (Å²) in [6, 6.07) is 0. The Morgan fingerprint density at radius 3 is 2.58 bits per heavy atom. The third kappa shape index (κ3) is 6.35. The molecule has 0 unspecified atom stereocenters. The van der Waals surface area contributed by atoms with E-state index in [4.69, 9.17) is 9.84 Å². The molecule has 0 aromatic rings. The van der Waals surface area contributed by atoms with Crippen molar-refractivity contribution in [3.63, 3.8) is 0 Å². The normalized spacial score (nSPS) is 17.2. The fourth-order valence-corrected chi connectivity index (χ4v) is 1.99. The van der Waals surface area contributed by atoms with E-state index in [2.05, 4.69) is 9.64 Å². The Hall–Kier alpha value is -1.40. The minimum absolute atomic E-state index is 0.219. The molecular weight excluding hydrogens is 250 g/mol. The van der Waals surface area contributed by atoms with Gasteiger partial charge in [0.2, 0.25) is 0 Å². The molecule has 0 spiro atoms. The fraction of sp³-hybridized carbons (Fsp3) is 0.692. The van der Waals surface area contributed by atoms with E-state index in [1.165, 1.54) is 7.11 Å². The standard InChI is InChI=1S/C13H21NO5/c1-18-13(17)11(10-12(15)16)4-2-3-5-14-6-8-19-9-7-14/h10H,2-9H2,1H3,(H,15,16)/b11-10+. The van der Waals surface area contributed by atoms with Crippen LogP contribution in [0.1, 0.15) is 19.3 Å². The molecule has 1 heterocycles. The lowest BCUT2D eigenvalue weighted by Gasteiger charge is -2.26. The number of hydrogen-bond acceptors (Lipinski definition) is 5. The summed E-state index contributed by atoms with van der Waals surface area (Å²) in [5, 5.41) is 8.68. The minimum atomic E-state index is -1.12. The second-order valence-corrected chi connectivity index (χ2v) is 4.41. The van der Waals surface area contributed by atoms with Gasteiger partial charge in [0, 0.05) is 24.7 Å². The van der Waals surface area contributed by atoms with Crippen molar-refractivity contribution in [2.75, 3.05) is 40.0 Å². The summed E-state index contributed by atoms with van der Waals surface area (Å²) < 4.78 is 9.82. The number of aliphatic carboxylic acids is 1. The summed E-state index contributed by atoms with van der Waals surface area (Å²) in [6.45, 7) is 4.37. The molecule has 1 saturated heterocycles. The maximum absolute atomic E-state index is 11.4. The Morgan fingerprint density at radius 1 is 1.32 bits per heavy atom. The van der Waals surface area contributed by atoms with Gasteiger partial charge in [-0.1, -0.05) is 0 Å². The van der Waals surface area contributed by atoms with Gasteiger partial charge in [-0.05, 0) is 25.8 Å². The molecule has 1 rings (SSSR count). The van der Waals surface area contributed by atoms with Crippen molar-refractivity contribution >= 4 is 11.9 Å². The number of ether oxygens (including phenoxy) is 2. The van der Waals surface area contributed by atoms with Crippen molar-refractivity contribution in [3.05, 3.63) is 11.6 Å². The van der Waals surface area contributed by atoms with Crippen molar-refractivity contribution in [2.45, 2.75) is 19.3 Å². The Morgan fingerprint density at radius 2 is 2.00 bits per heavy atom. The molecule has 6 heteroatoms. The smallest absolute Gasteiger partial charge is 0.333 e. The summed E-state index contributed by atoms with van der Waals surface area (Å²) in [7, 11) is 1.26. The number of carboxylic acids is 1. The van der Waals surface area contributed by atoms with E-state index in [0.29, 0.717) is 6.42 Å². The predicted molar refractivity (Wildman–Crippen MR) is 68.8 cm³/mol. The zero-order chi connectivity index (χ0) is 14.1. The van der Waals surface area contributed by atoms with Gasteiger partial charge in [-0.2, -0.15) is 0 Å². The van der Waals surface area contributed by atoms with E-state index in [0.717, 1.165) is 51.8 Å². The van der Waals surface area contributed by atoms with Crippen molar-refractivity contribution in [1.82, 2.24) is 4.90 Å². The highest BCUT2D eigenvalue weighted by Crippen LogP contribution is 2.10. The first-order valence-electron chi connectivity index (χ1n) is 6.45. The number of morpholine rings is 1. The molecular formula is C13H21NO5. The lowest BCUT2D eigenvalue weighted by molar-refractivity contribution is -0.137. The van der Waals surface area contributed by atoms with Crippen LogP contribution < -0.4 is 0 Å².